The van der Waals surface area contributed by atoms with Crippen molar-refractivity contribution >= 4 is 5.97 Å². The molecule has 12 nitrogen and oxygen atoms in total. The second kappa shape index (κ2) is 21.2. The Kier molecular flexibility index (Phi) is 18.0. The van der Waals surface area contributed by atoms with Crippen LogP contribution in [-0.2, 0) is 33.2 Å². The van der Waals surface area contributed by atoms with E-state index >= 15 is 0 Å². The molecule has 0 radical (unpaired) electrons. The van der Waals surface area contributed by atoms with Crippen molar-refractivity contribution in [3.63, 3.8) is 0 Å². The highest BCUT2D eigenvalue weighted by molar-refractivity contribution is 5.87. The van der Waals surface area contributed by atoms with Gasteiger partial charge in [0.05, 0.1) is 43.7 Å². The molecule has 55 heavy (non-hydrogen) atoms. The molecule has 0 aromatic heterocycles. The Morgan fingerprint density at radius 2 is 1.73 bits per heavy atom. The normalized spacial score (nSPS) is 42.6. The van der Waals surface area contributed by atoms with E-state index in [2.05, 4.69) is 0 Å². The summed E-state index contributed by atoms with van der Waals surface area (Å²) in [4.78, 5) is 13.8. The Morgan fingerprint density at radius 3 is 2.35 bits per heavy atom. The number of hydrogen-bond donors (Lipinski definition) is 5. The first kappa shape index (κ1) is 46.7. The molecule has 0 bridgehead atoms. The van der Waals surface area contributed by atoms with Gasteiger partial charge in [-0.05, 0) is 46.1 Å². The molecule has 312 valence electrons. The van der Waals surface area contributed by atoms with Crippen LogP contribution in [0.15, 0.2) is 71.6 Å². The average molecular weight is 777 g/mol. The second-order valence-electron chi connectivity index (χ2n) is 15.9. The number of ether oxygens (including phenoxy) is 6. The quantitative estimate of drug-likeness (QED) is 0.148. The summed E-state index contributed by atoms with van der Waals surface area (Å²) in [5.41, 5.74) is 1.74. The van der Waals surface area contributed by atoms with Gasteiger partial charge < -0.3 is 54.0 Å². The largest absolute Gasteiger partial charge is 0.490 e. The van der Waals surface area contributed by atoms with Crippen LogP contribution in [0, 0.1) is 29.6 Å². The first-order valence-electron chi connectivity index (χ1n) is 19.6. The monoisotopic (exact) mass is 776 g/mol. The number of carbonyl (C=O) groups excluding carboxylic acids is 1. The number of hydrogen-bond acceptors (Lipinski definition) is 12. The van der Waals surface area contributed by atoms with Crippen LogP contribution < -0.4 is 0 Å². The van der Waals surface area contributed by atoms with Gasteiger partial charge in [-0.2, -0.15) is 0 Å². The molecule has 3 rings (SSSR count). The highest BCUT2D eigenvalue weighted by atomic mass is 16.7. The Balaban J connectivity index is 2.00. The highest BCUT2D eigenvalue weighted by Crippen LogP contribution is 2.42. The molecule has 3 aliphatic heterocycles. The Morgan fingerprint density at radius 1 is 1.04 bits per heavy atom. The molecule has 16 unspecified atom stereocenters. The van der Waals surface area contributed by atoms with Gasteiger partial charge in [0.1, 0.15) is 18.3 Å². The second-order valence-corrected chi connectivity index (χ2v) is 15.9. The summed E-state index contributed by atoms with van der Waals surface area (Å²) in [7, 11) is 2.86. The number of allylic oxidation sites excluding steroid dienone is 8. The first-order chi connectivity index (χ1) is 25.9. The number of rotatable bonds is 10. The lowest BCUT2D eigenvalue weighted by Gasteiger charge is -2.49. The van der Waals surface area contributed by atoms with Gasteiger partial charge in [0.25, 0.3) is 0 Å². The minimum atomic E-state index is -1.92. The number of esters is 1. The summed E-state index contributed by atoms with van der Waals surface area (Å²) in [6, 6.07) is 0. The van der Waals surface area contributed by atoms with E-state index in [-0.39, 0.29) is 36.4 Å². The first-order valence-corrected chi connectivity index (χ1v) is 19.6. The third-order valence-corrected chi connectivity index (χ3v) is 11.4. The van der Waals surface area contributed by atoms with E-state index in [0.29, 0.717) is 12.0 Å². The molecule has 16 atom stereocenters. The van der Waals surface area contributed by atoms with Crippen molar-refractivity contribution < 1.29 is 58.7 Å². The Bertz CT molecular complexity index is 1410. The van der Waals surface area contributed by atoms with Crippen LogP contribution in [0.5, 0.6) is 0 Å². The molecular weight excluding hydrogens is 708 g/mol. The maximum Gasteiger partial charge on any atom is 0.373 e. The molecule has 3 aliphatic rings. The Labute approximate surface area is 328 Å². The van der Waals surface area contributed by atoms with Crippen LogP contribution in [0.1, 0.15) is 81.6 Å². The van der Waals surface area contributed by atoms with Crippen molar-refractivity contribution in [2.75, 3.05) is 14.2 Å². The zero-order chi connectivity index (χ0) is 41.2. The van der Waals surface area contributed by atoms with Gasteiger partial charge >= 0.3 is 5.97 Å². The molecule has 0 amide bonds. The van der Waals surface area contributed by atoms with Gasteiger partial charge in [-0.1, -0.05) is 94.4 Å². The summed E-state index contributed by atoms with van der Waals surface area (Å²) >= 11 is 0. The lowest BCUT2D eigenvalue weighted by atomic mass is 9.77. The van der Waals surface area contributed by atoms with Crippen molar-refractivity contribution in [1.82, 2.24) is 0 Å². The molecule has 12 heteroatoms. The summed E-state index contributed by atoms with van der Waals surface area (Å²) in [5.74, 6) is -5.04. The highest BCUT2D eigenvalue weighted by Gasteiger charge is 2.52. The van der Waals surface area contributed by atoms with Crippen LogP contribution in [0.2, 0.25) is 0 Å². The van der Waals surface area contributed by atoms with Crippen LogP contribution in [0.3, 0.4) is 0 Å². The molecule has 0 aromatic rings. The standard InChI is InChI=1S/C43H68O12/c1-12-13-14-17-33-28(6)36(53-37-22-32(44)40(47)31(9)52-37)23-43(49,55-33)30(8)39(46)29(7)41-34(50-10)18-15-16-24(2)19-26(4)38(45)27(5)20-25(3)21-35(51-11)42(48)54-41/h12-18,20-21,26-34,36-41,44-47,49H,19,22-23H2,1-11H3/b13-12+,17-14+,18-15+,24-16-,25-20+,35-21-. The fourth-order valence-corrected chi connectivity index (χ4v) is 7.76. The maximum absolute atomic E-state index is 13.8. The summed E-state index contributed by atoms with van der Waals surface area (Å²) in [5, 5.41) is 56.1. The van der Waals surface area contributed by atoms with E-state index in [1.165, 1.54) is 14.2 Å². The fourth-order valence-electron chi connectivity index (χ4n) is 7.76. The van der Waals surface area contributed by atoms with Gasteiger partial charge in [-0.25, -0.2) is 4.79 Å². The van der Waals surface area contributed by atoms with E-state index in [9.17, 15) is 30.3 Å². The fraction of sp³-hybridized carbons (Fsp3) is 0.698. The van der Waals surface area contributed by atoms with E-state index in [0.717, 1.165) is 5.57 Å². The molecular formula is C43H68O12. The SMILES string of the molecule is C/C=C/C=C/C1OC(O)(C(C)C(O)C(C)C2OC(=O)/C(OC)=C/C(C)=C/C(C)C(O)C(C)C/C(C)=C\C=C\C2OC)CC(OC2CC(O)C(O)C(C)O2)C1C. The smallest absolute Gasteiger partial charge is 0.373 e. The van der Waals surface area contributed by atoms with Crippen LogP contribution in [-0.4, -0.2) is 113 Å². The van der Waals surface area contributed by atoms with Gasteiger partial charge in [0.15, 0.2) is 12.1 Å². The topological polar surface area (TPSA) is 174 Å². The Hall–Kier alpha value is -2.65. The number of methoxy groups -OCH3 is 2. The minimum Gasteiger partial charge on any atom is -0.490 e. The zero-order valence-corrected chi connectivity index (χ0v) is 34.6. The van der Waals surface area contributed by atoms with Gasteiger partial charge in [-0.15, -0.1) is 0 Å². The van der Waals surface area contributed by atoms with Crippen molar-refractivity contribution in [3.05, 3.63) is 71.6 Å². The van der Waals surface area contributed by atoms with E-state index in [1.54, 1.807) is 32.9 Å². The molecule has 2 saturated heterocycles. The molecule has 2 fully saturated rings. The van der Waals surface area contributed by atoms with Crippen LogP contribution >= 0.6 is 0 Å². The van der Waals surface area contributed by atoms with Crippen LogP contribution in [0.25, 0.3) is 0 Å². The van der Waals surface area contributed by atoms with E-state index < -0.39 is 84.8 Å². The van der Waals surface area contributed by atoms with E-state index in [1.807, 2.05) is 84.1 Å². The lowest BCUT2D eigenvalue weighted by molar-refractivity contribution is -0.339. The van der Waals surface area contributed by atoms with Crippen molar-refractivity contribution in [1.29, 1.82) is 0 Å². The summed E-state index contributed by atoms with van der Waals surface area (Å²) in [6.07, 6.45) is 8.29. The summed E-state index contributed by atoms with van der Waals surface area (Å²) < 4.78 is 36.1. The minimum absolute atomic E-state index is 0.0349. The number of aliphatic hydroxyl groups is 5. The van der Waals surface area contributed by atoms with Crippen molar-refractivity contribution in [2.45, 2.75) is 149 Å². The maximum atomic E-state index is 13.8. The number of cyclic esters (lactones) is 1. The van der Waals surface area contributed by atoms with Crippen molar-refractivity contribution in [2.24, 2.45) is 29.6 Å². The number of carbonyl (C=O) groups is 1. The van der Waals surface area contributed by atoms with Gasteiger partial charge in [0.2, 0.25) is 5.76 Å². The predicted octanol–water partition coefficient (Wildman–Crippen LogP) is 5.05. The predicted molar refractivity (Wildman–Crippen MR) is 209 cm³/mol. The van der Waals surface area contributed by atoms with E-state index in [4.69, 9.17) is 28.4 Å². The average Bonchev–Trinajstić information content (AvgIpc) is 3.13. The molecule has 0 aromatic carbocycles. The third-order valence-electron chi connectivity index (χ3n) is 11.4. The molecule has 0 spiro atoms. The molecule has 3 heterocycles. The van der Waals surface area contributed by atoms with Crippen molar-refractivity contribution in [3.8, 4) is 0 Å². The van der Waals surface area contributed by atoms with Gasteiger partial charge in [-0.3, -0.25) is 0 Å². The molecule has 0 saturated carbocycles. The van der Waals surface area contributed by atoms with Crippen LogP contribution in [0.4, 0.5) is 0 Å². The third kappa shape index (κ3) is 12.4. The zero-order valence-electron chi connectivity index (χ0n) is 34.6. The van der Waals surface area contributed by atoms with Gasteiger partial charge in [0, 0.05) is 43.6 Å². The lowest BCUT2D eigenvalue weighted by Crippen LogP contribution is -2.59. The number of aliphatic hydroxyl groups excluding tert-OH is 4. The molecule has 0 aliphatic carbocycles. The summed E-state index contributed by atoms with van der Waals surface area (Å²) in [6.45, 7) is 16.6. The molecule has 5 N–H and O–H groups in total.